The number of carbonyl (C=O) groups excluding carboxylic acids is 3. The van der Waals surface area contributed by atoms with Crippen LogP contribution in [0.1, 0.15) is 284 Å². The Morgan fingerprint density at radius 2 is 0.539 bits per heavy atom. The molecule has 0 aliphatic carbocycles. The number of hydrogen-bond acceptors (Lipinski definition) is 6. The summed E-state index contributed by atoms with van der Waals surface area (Å²) in [6.07, 6.45) is 87.9. The van der Waals surface area contributed by atoms with Gasteiger partial charge in [-0.1, -0.05) is 290 Å². The standard InChI is InChI=1S/C70H116O6/c1-4-7-10-13-16-19-22-25-28-31-33-34-35-37-39-42-45-48-51-54-57-60-63-69(72)75-66-67(65-74-68(71)62-59-56-53-50-47-44-41-38-30-27-24-21-18-15-12-9-6-3)76-70(73)64-61-58-55-52-49-46-43-40-36-32-29-26-23-20-17-14-11-8-5-2/h8-9,11-12,17-18,20-21,26-27,29-30,36,40-41,44,46,49,55,58,67H,4-7,10,13-16,19,22-25,28,31-35,37-39,42-43,45,47-48,50-54,56-57,59-66H2,1-3H3/b11-8-,12-9-,20-17-,21-18-,29-26-,30-27-,40-36-,44-41-,49-46-,58-55-. The van der Waals surface area contributed by atoms with E-state index in [1.807, 2.05) is 6.08 Å². The molecule has 1 atom stereocenters. The Hall–Kier alpha value is -4.19. The summed E-state index contributed by atoms with van der Waals surface area (Å²) in [7, 11) is 0. The zero-order valence-corrected chi connectivity index (χ0v) is 49.5. The molecule has 6 nitrogen and oxygen atoms in total. The zero-order chi connectivity index (χ0) is 55.0. The summed E-state index contributed by atoms with van der Waals surface area (Å²) in [5, 5.41) is 0. The number of unbranched alkanes of at least 4 members (excludes halogenated alkanes) is 25. The van der Waals surface area contributed by atoms with Crippen LogP contribution in [0.15, 0.2) is 122 Å². The molecule has 0 bridgehead atoms. The highest BCUT2D eigenvalue weighted by molar-refractivity contribution is 5.71. The minimum absolute atomic E-state index is 0.117. The van der Waals surface area contributed by atoms with Gasteiger partial charge in [-0.3, -0.25) is 14.4 Å². The van der Waals surface area contributed by atoms with Crippen LogP contribution < -0.4 is 0 Å². The maximum Gasteiger partial charge on any atom is 0.306 e. The molecule has 0 aromatic carbocycles. The Kier molecular flexibility index (Phi) is 59.9. The van der Waals surface area contributed by atoms with Crippen molar-refractivity contribution < 1.29 is 28.6 Å². The minimum Gasteiger partial charge on any atom is -0.462 e. The summed E-state index contributed by atoms with van der Waals surface area (Å²) in [6.45, 7) is 6.35. The summed E-state index contributed by atoms with van der Waals surface area (Å²) < 4.78 is 16.8. The van der Waals surface area contributed by atoms with Crippen molar-refractivity contribution in [3.05, 3.63) is 122 Å². The van der Waals surface area contributed by atoms with E-state index in [0.717, 1.165) is 116 Å². The molecule has 0 spiro atoms. The van der Waals surface area contributed by atoms with Crippen LogP contribution in [0.25, 0.3) is 0 Å². The lowest BCUT2D eigenvalue weighted by Crippen LogP contribution is -2.30. The third kappa shape index (κ3) is 60.7. The molecule has 0 radical (unpaired) electrons. The predicted molar refractivity (Wildman–Crippen MR) is 330 cm³/mol. The molecule has 6 heteroatoms. The molecule has 0 N–H and O–H groups in total. The smallest absolute Gasteiger partial charge is 0.306 e. The predicted octanol–water partition coefficient (Wildman–Crippen LogP) is 21.6. The molecule has 76 heavy (non-hydrogen) atoms. The fourth-order valence-electron chi connectivity index (χ4n) is 8.58. The topological polar surface area (TPSA) is 78.9 Å². The van der Waals surface area contributed by atoms with Crippen LogP contribution in [0, 0.1) is 0 Å². The third-order valence-electron chi connectivity index (χ3n) is 13.2. The van der Waals surface area contributed by atoms with Gasteiger partial charge in [-0.25, -0.2) is 0 Å². The first-order chi connectivity index (χ1) is 37.5. The van der Waals surface area contributed by atoms with Gasteiger partial charge in [-0.05, 0) is 96.3 Å². The van der Waals surface area contributed by atoms with Crippen molar-refractivity contribution in [1.82, 2.24) is 0 Å². The van der Waals surface area contributed by atoms with Crippen molar-refractivity contribution in [2.24, 2.45) is 0 Å². The van der Waals surface area contributed by atoms with E-state index in [9.17, 15) is 14.4 Å². The number of rotatable bonds is 56. The average molecular weight is 1050 g/mol. The van der Waals surface area contributed by atoms with Gasteiger partial charge in [0.15, 0.2) is 6.10 Å². The number of ether oxygens (including phenoxy) is 3. The summed E-state index contributed by atoms with van der Waals surface area (Å²) in [5.41, 5.74) is 0. The van der Waals surface area contributed by atoms with E-state index in [1.165, 1.54) is 122 Å². The molecule has 0 heterocycles. The number of carbonyl (C=O) groups is 3. The van der Waals surface area contributed by atoms with Crippen LogP contribution >= 0.6 is 0 Å². The monoisotopic (exact) mass is 1050 g/mol. The van der Waals surface area contributed by atoms with E-state index in [-0.39, 0.29) is 31.6 Å². The second-order valence-corrected chi connectivity index (χ2v) is 20.6. The van der Waals surface area contributed by atoms with E-state index >= 15 is 0 Å². The van der Waals surface area contributed by atoms with Gasteiger partial charge in [0.05, 0.1) is 0 Å². The molecule has 0 aliphatic rings. The molecule has 0 aromatic rings. The number of hydrogen-bond donors (Lipinski definition) is 0. The highest BCUT2D eigenvalue weighted by atomic mass is 16.6. The molecular formula is C70H116O6. The lowest BCUT2D eigenvalue weighted by molar-refractivity contribution is -0.166. The Morgan fingerprint density at radius 1 is 0.276 bits per heavy atom. The first-order valence-electron chi connectivity index (χ1n) is 31.5. The van der Waals surface area contributed by atoms with Crippen molar-refractivity contribution in [2.45, 2.75) is 290 Å². The average Bonchev–Trinajstić information content (AvgIpc) is 3.42. The maximum absolute atomic E-state index is 12.9. The van der Waals surface area contributed by atoms with Crippen LogP contribution in [-0.4, -0.2) is 37.2 Å². The molecule has 0 saturated carbocycles. The SMILES string of the molecule is CC/C=C\C/C=C\C/C=C\C/C=C\C/C=C\C/C=C\CCC(=O)OC(COC(=O)CCCCCC/C=C\C/C=C\C/C=C\C/C=C\CC)COC(=O)CCCCCCCCCCCCCCCCCCCCCCCC. The van der Waals surface area contributed by atoms with E-state index in [2.05, 4.69) is 136 Å². The van der Waals surface area contributed by atoms with Crippen LogP contribution in [0.2, 0.25) is 0 Å². The normalized spacial score (nSPS) is 12.9. The van der Waals surface area contributed by atoms with E-state index < -0.39 is 12.1 Å². The van der Waals surface area contributed by atoms with Gasteiger partial charge in [-0.2, -0.15) is 0 Å². The summed E-state index contributed by atoms with van der Waals surface area (Å²) in [6, 6.07) is 0. The van der Waals surface area contributed by atoms with E-state index in [0.29, 0.717) is 19.3 Å². The molecular weight excluding hydrogens is 937 g/mol. The van der Waals surface area contributed by atoms with Gasteiger partial charge >= 0.3 is 17.9 Å². The van der Waals surface area contributed by atoms with Gasteiger partial charge in [-0.15, -0.1) is 0 Å². The summed E-state index contributed by atoms with van der Waals surface area (Å²) >= 11 is 0. The van der Waals surface area contributed by atoms with Crippen LogP contribution in [0.3, 0.4) is 0 Å². The van der Waals surface area contributed by atoms with Gasteiger partial charge in [0.2, 0.25) is 0 Å². The first kappa shape index (κ1) is 71.8. The lowest BCUT2D eigenvalue weighted by atomic mass is 10.0. The highest BCUT2D eigenvalue weighted by Gasteiger charge is 2.19. The first-order valence-corrected chi connectivity index (χ1v) is 31.5. The Bertz CT molecular complexity index is 1590. The van der Waals surface area contributed by atoms with Crippen molar-refractivity contribution in [3.63, 3.8) is 0 Å². The van der Waals surface area contributed by atoms with Gasteiger partial charge in [0, 0.05) is 19.3 Å². The van der Waals surface area contributed by atoms with Crippen molar-refractivity contribution in [3.8, 4) is 0 Å². The van der Waals surface area contributed by atoms with Crippen LogP contribution in [0.5, 0.6) is 0 Å². The summed E-state index contributed by atoms with van der Waals surface area (Å²) in [5.74, 6) is -1.02. The molecule has 432 valence electrons. The Labute approximate surface area is 469 Å². The van der Waals surface area contributed by atoms with Crippen molar-refractivity contribution in [1.29, 1.82) is 0 Å². The largest absolute Gasteiger partial charge is 0.462 e. The second-order valence-electron chi connectivity index (χ2n) is 20.6. The molecule has 0 fully saturated rings. The Balaban J connectivity index is 4.49. The quantitative estimate of drug-likeness (QED) is 0.0261. The van der Waals surface area contributed by atoms with Crippen molar-refractivity contribution in [2.75, 3.05) is 13.2 Å². The molecule has 1 unspecified atom stereocenters. The zero-order valence-electron chi connectivity index (χ0n) is 49.5. The second kappa shape index (κ2) is 63.3. The number of allylic oxidation sites excluding steroid dienone is 20. The molecule has 0 saturated heterocycles. The fraction of sp³-hybridized carbons (Fsp3) is 0.671. The molecule has 0 aromatic heterocycles. The molecule has 0 rings (SSSR count). The van der Waals surface area contributed by atoms with Crippen molar-refractivity contribution >= 4 is 17.9 Å². The Morgan fingerprint density at radius 3 is 0.855 bits per heavy atom. The highest BCUT2D eigenvalue weighted by Crippen LogP contribution is 2.16. The molecule has 0 aliphatic heterocycles. The van der Waals surface area contributed by atoms with Gasteiger partial charge in [0.25, 0.3) is 0 Å². The third-order valence-corrected chi connectivity index (χ3v) is 13.2. The van der Waals surface area contributed by atoms with Gasteiger partial charge in [0.1, 0.15) is 13.2 Å². The lowest BCUT2D eigenvalue weighted by Gasteiger charge is -2.18. The van der Waals surface area contributed by atoms with Crippen LogP contribution in [-0.2, 0) is 28.6 Å². The van der Waals surface area contributed by atoms with Crippen LogP contribution in [0.4, 0.5) is 0 Å². The number of esters is 3. The molecule has 0 amide bonds. The minimum atomic E-state index is -0.832. The van der Waals surface area contributed by atoms with Gasteiger partial charge < -0.3 is 14.2 Å². The van der Waals surface area contributed by atoms with E-state index in [1.54, 1.807) is 0 Å². The van der Waals surface area contributed by atoms with E-state index in [4.69, 9.17) is 14.2 Å². The maximum atomic E-state index is 12.9. The summed E-state index contributed by atoms with van der Waals surface area (Å²) in [4.78, 5) is 38.3. The fourth-order valence-corrected chi connectivity index (χ4v) is 8.58.